The first-order valence-electron chi connectivity index (χ1n) is 8.89. The molecule has 4 rings (SSSR count). The number of carbonyl (C=O) groups excluding carboxylic acids is 1. The zero-order chi connectivity index (χ0) is 16.7. The van der Waals surface area contributed by atoms with Crippen molar-refractivity contribution in [3.05, 3.63) is 29.6 Å². The molecule has 1 fully saturated rings. The van der Waals surface area contributed by atoms with Crippen molar-refractivity contribution >= 4 is 23.2 Å². The summed E-state index contributed by atoms with van der Waals surface area (Å²) in [6.45, 7) is 4.18. The molecule has 1 aromatic heterocycles. The Morgan fingerprint density at radius 2 is 2.04 bits per heavy atom. The minimum atomic E-state index is -0.355. The molecule has 2 aliphatic rings. The molecular formula is C19H24N4O. The number of rotatable bonds is 2. The fourth-order valence-electron chi connectivity index (χ4n) is 4.21. The Kier molecular flexibility index (Phi) is 3.66. The van der Waals surface area contributed by atoms with Gasteiger partial charge in [0.05, 0.1) is 11.0 Å². The van der Waals surface area contributed by atoms with Crippen LogP contribution in [0.4, 0.5) is 0 Å². The van der Waals surface area contributed by atoms with E-state index in [0.717, 1.165) is 16.9 Å². The first-order valence-corrected chi connectivity index (χ1v) is 8.89. The molecule has 5 nitrogen and oxygen atoms in total. The van der Waals surface area contributed by atoms with Crippen LogP contribution in [-0.4, -0.2) is 21.7 Å². The van der Waals surface area contributed by atoms with E-state index < -0.39 is 0 Å². The molecule has 5 heteroatoms. The van der Waals surface area contributed by atoms with Gasteiger partial charge in [0.1, 0.15) is 5.82 Å². The standard InChI is InChI=1S/C19H24N4O/c1-13-21-16-9-8-14(19(2)11-18(24)22-20-12-19)10-17(16)23(13)15-6-4-3-5-7-15/h8-10,12,15H,3-7,11H2,1-2H3,(H,22,24). The fourth-order valence-corrected chi connectivity index (χ4v) is 4.21. The maximum atomic E-state index is 11.8. The van der Waals surface area contributed by atoms with Crippen LogP contribution in [0.3, 0.4) is 0 Å². The van der Waals surface area contributed by atoms with E-state index in [1.807, 2.05) is 6.21 Å². The molecule has 1 aliphatic carbocycles. The Balaban J connectivity index is 1.81. The smallest absolute Gasteiger partial charge is 0.241 e. The van der Waals surface area contributed by atoms with Crippen LogP contribution in [0, 0.1) is 6.92 Å². The molecular weight excluding hydrogens is 300 g/mol. The van der Waals surface area contributed by atoms with E-state index >= 15 is 0 Å². The number of aryl methyl sites for hydroxylation is 1. The van der Waals surface area contributed by atoms with Crippen LogP contribution in [0.1, 0.15) is 62.9 Å². The molecule has 1 N–H and O–H groups in total. The molecule has 0 saturated heterocycles. The Hall–Kier alpha value is -2.17. The lowest BCUT2D eigenvalue weighted by Crippen LogP contribution is -2.37. The summed E-state index contributed by atoms with van der Waals surface area (Å²) in [5.74, 6) is 1.06. The minimum Gasteiger partial charge on any atom is -0.325 e. The summed E-state index contributed by atoms with van der Waals surface area (Å²) < 4.78 is 2.42. The number of amides is 1. The van der Waals surface area contributed by atoms with Crippen molar-refractivity contribution in [1.29, 1.82) is 0 Å². The SMILES string of the molecule is Cc1nc2ccc(C3(C)C=NNC(=O)C3)cc2n1C1CCCCC1. The van der Waals surface area contributed by atoms with E-state index in [1.165, 1.54) is 37.6 Å². The molecule has 0 radical (unpaired) electrons. The van der Waals surface area contributed by atoms with Gasteiger partial charge in [-0.15, -0.1) is 0 Å². The van der Waals surface area contributed by atoms with Gasteiger partial charge in [0.15, 0.2) is 0 Å². The van der Waals surface area contributed by atoms with Gasteiger partial charge >= 0.3 is 0 Å². The summed E-state index contributed by atoms with van der Waals surface area (Å²) in [5.41, 5.74) is 5.54. The summed E-state index contributed by atoms with van der Waals surface area (Å²) in [6, 6.07) is 6.94. The topological polar surface area (TPSA) is 59.3 Å². The van der Waals surface area contributed by atoms with Crippen molar-refractivity contribution in [3.8, 4) is 0 Å². The summed E-state index contributed by atoms with van der Waals surface area (Å²) >= 11 is 0. The van der Waals surface area contributed by atoms with Crippen LogP contribution in [-0.2, 0) is 10.2 Å². The molecule has 0 bridgehead atoms. The number of hydrogen-bond donors (Lipinski definition) is 1. The molecule has 1 aromatic carbocycles. The van der Waals surface area contributed by atoms with E-state index in [1.54, 1.807) is 0 Å². The number of nitrogens with zero attached hydrogens (tertiary/aromatic N) is 3. The van der Waals surface area contributed by atoms with Crippen LogP contribution in [0.25, 0.3) is 11.0 Å². The van der Waals surface area contributed by atoms with Crippen molar-refractivity contribution in [2.24, 2.45) is 5.10 Å². The Bertz CT molecular complexity index is 816. The zero-order valence-corrected chi connectivity index (χ0v) is 14.4. The third kappa shape index (κ3) is 2.52. The number of hydrogen-bond acceptors (Lipinski definition) is 3. The molecule has 1 aliphatic heterocycles. The van der Waals surface area contributed by atoms with E-state index in [2.05, 4.69) is 47.1 Å². The van der Waals surface area contributed by atoms with Crippen molar-refractivity contribution in [1.82, 2.24) is 15.0 Å². The van der Waals surface area contributed by atoms with E-state index in [0.29, 0.717) is 12.5 Å². The largest absolute Gasteiger partial charge is 0.325 e. The zero-order valence-electron chi connectivity index (χ0n) is 14.4. The number of benzene rings is 1. The molecule has 24 heavy (non-hydrogen) atoms. The van der Waals surface area contributed by atoms with Gasteiger partial charge in [0.25, 0.3) is 0 Å². The lowest BCUT2D eigenvalue weighted by molar-refractivity contribution is -0.122. The third-order valence-corrected chi connectivity index (χ3v) is 5.53. The first kappa shape index (κ1) is 15.4. The van der Waals surface area contributed by atoms with Gasteiger partial charge in [0, 0.05) is 24.1 Å². The molecule has 1 saturated carbocycles. The average Bonchev–Trinajstić information content (AvgIpc) is 2.90. The maximum Gasteiger partial charge on any atom is 0.241 e. The average molecular weight is 324 g/mol. The number of aromatic nitrogens is 2. The van der Waals surface area contributed by atoms with Gasteiger partial charge in [-0.2, -0.15) is 5.10 Å². The summed E-state index contributed by atoms with van der Waals surface area (Å²) in [4.78, 5) is 16.6. The first-order chi connectivity index (χ1) is 11.6. The highest BCUT2D eigenvalue weighted by atomic mass is 16.2. The summed E-state index contributed by atoms with van der Waals surface area (Å²) in [6.07, 6.45) is 8.69. The summed E-state index contributed by atoms with van der Waals surface area (Å²) in [5, 5.41) is 4.04. The normalized spacial score (nSPS) is 25.2. The molecule has 2 heterocycles. The molecule has 1 atom stereocenters. The Labute approximate surface area is 142 Å². The van der Waals surface area contributed by atoms with Gasteiger partial charge in [-0.1, -0.05) is 25.3 Å². The number of hydrazone groups is 1. The molecule has 0 spiro atoms. The highest BCUT2D eigenvalue weighted by Crippen LogP contribution is 2.35. The van der Waals surface area contributed by atoms with E-state index in [4.69, 9.17) is 4.98 Å². The van der Waals surface area contributed by atoms with E-state index in [-0.39, 0.29) is 11.3 Å². The van der Waals surface area contributed by atoms with Crippen LogP contribution in [0.5, 0.6) is 0 Å². The molecule has 1 amide bonds. The lowest BCUT2D eigenvalue weighted by Gasteiger charge is -2.28. The van der Waals surface area contributed by atoms with Gasteiger partial charge in [-0.25, -0.2) is 10.4 Å². The van der Waals surface area contributed by atoms with Gasteiger partial charge in [-0.3, -0.25) is 4.79 Å². The quantitative estimate of drug-likeness (QED) is 0.917. The molecule has 1 unspecified atom stereocenters. The van der Waals surface area contributed by atoms with Crippen molar-refractivity contribution in [3.63, 3.8) is 0 Å². The van der Waals surface area contributed by atoms with Crippen molar-refractivity contribution in [2.75, 3.05) is 0 Å². The van der Waals surface area contributed by atoms with Gasteiger partial charge in [-0.05, 0) is 44.4 Å². The second-order valence-corrected chi connectivity index (χ2v) is 7.41. The van der Waals surface area contributed by atoms with Crippen LogP contribution in [0.2, 0.25) is 0 Å². The lowest BCUT2D eigenvalue weighted by atomic mass is 9.79. The minimum absolute atomic E-state index is 0.0305. The number of nitrogens with one attached hydrogen (secondary N) is 1. The second kappa shape index (κ2) is 5.72. The van der Waals surface area contributed by atoms with Crippen molar-refractivity contribution in [2.45, 2.75) is 63.8 Å². The third-order valence-electron chi connectivity index (χ3n) is 5.53. The number of carbonyl (C=O) groups is 1. The summed E-state index contributed by atoms with van der Waals surface area (Å²) in [7, 11) is 0. The molecule has 2 aromatic rings. The van der Waals surface area contributed by atoms with Crippen LogP contribution < -0.4 is 5.43 Å². The Morgan fingerprint density at radius 3 is 2.79 bits per heavy atom. The highest BCUT2D eigenvalue weighted by Gasteiger charge is 2.31. The maximum absolute atomic E-state index is 11.8. The number of fused-ring (bicyclic) bond motifs is 1. The van der Waals surface area contributed by atoms with Crippen LogP contribution in [0.15, 0.2) is 23.3 Å². The van der Waals surface area contributed by atoms with Gasteiger partial charge in [0.2, 0.25) is 5.91 Å². The predicted molar refractivity (Wildman–Crippen MR) is 95.2 cm³/mol. The van der Waals surface area contributed by atoms with Crippen molar-refractivity contribution < 1.29 is 4.79 Å². The van der Waals surface area contributed by atoms with Crippen LogP contribution >= 0.6 is 0 Å². The monoisotopic (exact) mass is 324 g/mol. The van der Waals surface area contributed by atoms with E-state index in [9.17, 15) is 4.79 Å². The number of imidazole rings is 1. The predicted octanol–water partition coefficient (Wildman–Crippen LogP) is 3.61. The fraction of sp³-hybridized carbons (Fsp3) is 0.526. The highest BCUT2D eigenvalue weighted by molar-refractivity contribution is 5.90. The second-order valence-electron chi connectivity index (χ2n) is 7.41. The van der Waals surface area contributed by atoms with Gasteiger partial charge < -0.3 is 4.57 Å². The molecule has 126 valence electrons. The Morgan fingerprint density at radius 1 is 1.25 bits per heavy atom.